The number of hydrogen-bond acceptors (Lipinski definition) is 4. The molecule has 5 nitrogen and oxygen atoms in total. The first-order valence-electron chi connectivity index (χ1n) is 5.08. The number of amides is 1. The van der Waals surface area contributed by atoms with E-state index in [1.165, 1.54) is 21.1 Å². The maximum absolute atomic E-state index is 11.2. The third-order valence-electron chi connectivity index (χ3n) is 2.19. The van der Waals surface area contributed by atoms with E-state index in [0.29, 0.717) is 17.0 Å². The van der Waals surface area contributed by atoms with E-state index in [-0.39, 0.29) is 18.3 Å². The number of anilines is 1. The number of esters is 1. The molecule has 0 saturated heterocycles. The quantitative estimate of drug-likeness (QED) is 0.803. The second-order valence-corrected chi connectivity index (χ2v) is 3.46. The topological polar surface area (TPSA) is 64.6 Å². The number of methoxy groups -OCH3 is 2. The fraction of sp³-hybridized carbons (Fsp3) is 0.333. The summed E-state index contributed by atoms with van der Waals surface area (Å²) in [4.78, 5) is 22.3. The van der Waals surface area contributed by atoms with Gasteiger partial charge in [-0.3, -0.25) is 9.59 Å². The summed E-state index contributed by atoms with van der Waals surface area (Å²) in [6.07, 6.45) is 0.107. The summed E-state index contributed by atoms with van der Waals surface area (Å²) in [5.74, 6) is 0.0495. The fourth-order valence-corrected chi connectivity index (χ4v) is 1.37. The Bertz CT molecular complexity index is 429. The smallest absolute Gasteiger partial charge is 0.310 e. The Morgan fingerprint density at radius 2 is 2.00 bits per heavy atom. The number of carbonyl (C=O) groups is 2. The molecule has 0 aliphatic rings. The van der Waals surface area contributed by atoms with Crippen molar-refractivity contribution < 1.29 is 19.1 Å². The largest absolute Gasteiger partial charge is 0.497 e. The molecule has 0 spiro atoms. The summed E-state index contributed by atoms with van der Waals surface area (Å²) in [6, 6.07) is 5.12. The standard InChI is InChI=1S/C12H15NO4/c1-8(14)13-11-7-10(16-2)5-4-9(11)6-12(15)17-3/h4-5,7H,6H2,1-3H3,(H,13,14). The Balaban J connectivity index is 3.01. The zero-order valence-electron chi connectivity index (χ0n) is 10.1. The predicted molar refractivity (Wildman–Crippen MR) is 63.0 cm³/mol. The molecular formula is C12H15NO4. The van der Waals surface area contributed by atoms with E-state index in [4.69, 9.17) is 4.74 Å². The molecule has 0 saturated carbocycles. The van der Waals surface area contributed by atoms with Gasteiger partial charge in [0.2, 0.25) is 5.91 Å². The summed E-state index contributed by atoms with van der Waals surface area (Å²) in [5.41, 5.74) is 1.25. The normalized spacial score (nSPS) is 9.59. The molecule has 0 aromatic heterocycles. The Morgan fingerprint density at radius 1 is 1.29 bits per heavy atom. The monoisotopic (exact) mass is 237 g/mol. The summed E-state index contributed by atoms with van der Waals surface area (Å²) >= 11 is 0. The van der Waals surface area contributed by atoms with Gasteiger partial charge >= 0.3 is 5.97 Å². The predicted octanol–water partition coefficient (Wildman–Crippen LogP) is 1.37. The van der Waals surface area contributed by atoms with Crippen LogP contribution in [0.4, 0.5) is 5.69 Å². The van der Waals surface area contributed by atoms with Crippen molar-refractivity contribution in [2.75, 3.05) is 19.5 Å². The van der Waals surface area contributed by atoms with Gasteiger partial charge in [-0.05, 0) is 11.6 Å². The van der Waals surface area contributed by atoms with Crippen molar-refractivity contribution in [3.8, 4) is 5.75 Å². The first-order chi connectivity index (χ1) is 8.06. The molecule has 1 aromatic rings. The van der Waals surface area contributed by atoms with Gasteiger partial charge in [-0.25, -0.2) is 0 Å². The van der Waals surface area contributed by atoms with Gasteiger partial charge in [0.25, 0.3) is 0 Å². The molecule has 0 aliphatic heterocycles. The van der Waals surface area contributed by atoms with Gasteiger partial charge in [-0.2, -0.15) is 0 Å². The van der Waals surface area contributed by atoms with Gasteiger partial charge in [0.05, 0.1) is 20.6 Å². The first-order valence-corrected chi connectivity index (χ1v) is 5.08. The molecule has 92 valence electrons. The lowest BCUT2D eigenvalue weighted by Crippen LogP contribution is -2.11. The first kappa shape index (κ1) is 13.0. The van der Waals surface area contributed by atoms with Gasteiger partial charge in [-0.15, -0.1) is 0 Å². The highest BCUT2D eigenvalue weighted by molar-refractivity contribution is 5.90. The van der Waals surface area contributed by atoms with Crippen LogP contribution in [0.2, 0.25) is 0 Å². The number of hydrogen-bond donors (Lipinski definition) is 1. The Kier molecular flexibility index (Phi) is 4.51. The summed E-state index contributed by atoms with van der Waals surface area (Å²) in [7, 11) is 2.86. The Labute approximate surface area is 99.7 Å². The second kappa shape index (κ2) is 5.89. The molecule has 0 heterocycles. The Morgan fingerprint density at radius 3 is 2.53 bits per heavy atom. The number of benzene rings is 1. The minimum Gasteiger partial charge on any atom is -0.497 e. The highest BCUT2D eigenvalue weighted by Crippen LogP contribution is 2.23. The van der Waals surface area contributed by atoms with E-state index >= 15 is 0 Å². The molecule has 0 aliphatic carbocycles. The van der Waals surface area contributed by atoms with Crippen LogP contribution in [0.5, 0.6) is 5.75 Å². The fourth-order valence-electron chi connectivity index (χ4n) is 1.37. The van der Waals surface area contributed by atoms with Crippen molar-refractivity contribution >= 4 is 17.6 Å². The molecule has 1 N–H and O–H groups in total. The van der Waals surface area contributed by atoms with Gasteiger partial charge in [-0.1, -0.05) is 6.07 Å². The molecule has 0 fully saturated rings. The van der Waals surface area contributed by atoms with Gasteiger partial charge in [0, 0.05) is 18.7 Å². The van der Waals surface area contributed by atoms with E-state index in [2.05, 4.69) is 10.1 Å². The van der Waals surface area contributed by atoms with Crippen molar-refractivity contribution in [1.29, 1.82) is 0 Å². The second-order valence-electron chi connectivity index (χ2n) is 3.46. The average Bonchev–Trinajstić information content (AvgIpc) is 2.30. The number of ether oxygens (including phenoxy) is 2. The molecule has 0 radical (unpaired) electrons. The minimum atomic E-state index is -0.359. The van der Waals surface area contributed by atoms with Crippen LogP contribution in [0, 0.1) is 0 Å². The molecular weight excluding hydrogens is 222 g/mol. The van der Waals surface area contributed by atoms with Gasteiger partial charge in [0.15, 0.2) is 0 Å². The van der Waals surface area contributed by atoms with Crippen LogP contribution in [0.3, 0.4) is 0 Å². The van der Waals surface area contributed by atoms with E-state index in [1.807, 2.05) is 0 Å². The molecule has 17 heavy (non-hydrogen) atoms. The zero-order valence-corrected chi connectivity index (χ0v) is 10.1. The lowest BCUT2D eigenvalue weighted by molar-refractivity contribution is -0.139. The highest BCUT2D eigenvalue weighted by atomic mass is 16.5. The molecule has 1 aromatic carbocycles. The van der Waals surface area contributed by atoms with Crippen LogP contribution in [0.25, 0.3) is 0 Å². The van der Waals surface area contributed by atoms with Crippen molar-refractivity contribution in [2.24, 2.45) is 0 Å². The van der Waals surface area contributed by atoms with Crippen LogP contribution in [-0.4, -0.2) is 26.1 Å². The van der Waals surface area contributed by atoms with Crippen molar-refractivity contribution in [2.45, 2.75) is 13.3 Å². The molecule has 1 rings (SSSR count). The summed E-state index contributed by atoms with van der Waals surface area (Å²) in [6.45, 7) is 1.40. The molecule has 0 atom stereocenters. The SMILES string of the molecule is COC(=O)Cc1ccc(OC)cc1NC(C)=O. The third kappa shape index (κ3) is 3.79. The van der Waals surface area contributed by atoms with E-state index in [9.17, 15) is 9.59 Å². The third-order valence-corrected chi connectivity index (χ3v) is 2.19. The van der Waals surface area contributed by atoms with Crippen LogP contribution in [-0.2, 0) is 20.7 Å². The summed E-state index contributed by atoms with van der Waals surface area (Å²) < 4.78 is 9.64. The molecule has 0 bridgehead atoms. The number of nitrogens with one attached hydrogen (secondary N) is 1. The lowest BCUT2D eigenvalue weighted by atomic mass is 10.1. The number of rotatable bonds is 4. The molecule has 5 heteroatoms. The van der Waals surface area contributed by atoms with E-state index in [1.54, 1.807) is 18.2 Å². The maximum atomic E-state index is 11.2. The van der Waals surface area contributed by atoms with E-state index in [0.717, 1.165) is 0 Å². The number of carbonyl (C=O) groups excluding carboxylic acids is 2. The average molecular weight is 237 g/mol. The van der Waals surface area contributed by atoms with Crippen LogP contribution in [0.15, 0.2) is 18.2 Å². The highest BCUT2D eigenvalue weighted by Gasteiger charge is 2.10. The van der Waals surface area contributed by atoms with E-state index < -0.39 is 0 Å². The summed E-state index contributed by atoms with van der Waals surface area (Å²) in [5, 5.41) is 2.65. The van der Waals surface area contributed by atoms with Crippen LogP contribution < -0.4 is 10.1 Å². The molecule has 1 amide bonds. The van der Waals surface area contributed by atoms with Gasteiger partial charge in [0.1, 0.15) is 5.75 Å². The van der Waals surface area contributed by atoms with Gasteiger partial charge < -0.3 is 14.8 Å². The Hall–Kier alpha value is -2.04. The van der Waals surface area contributed by atoms with Crippen molar-refractivity contribution in [1.82, 2.24) is 0 Å². The molecule has 0 unspecified atom stereocenters. The minimum absolute atomic E-state index is 0.107. The van der Waals surface area contributed by atoms with Crippen LogP contribution in [0.1, 0.15) is 12.5 Å². The zero-order chi connectivity index (χ0) is 12.8. The van der Waals surface area contributed by atoms with Crippen molar-refractivity contribution in [3.63, 3.8) is 0 Å². The van der Waals surface area contributed by atoms with Crippen LogP contribution >= 0.6 is 0 Å². The van der Waals surface area contributed by atoms with Crippen molar-refractivity contribution in [3.05, 3.63) is 23.8 Å². The lowest BCUT2D eigenvalue weighted by Gasteiger charge is -2.10. The maximum Gasteiger partial charge on any atom is 0.310 e.